The van der Waals surface area contributed by atoms with Gasteiger partial charge in [0.15, 0.2) is 0 Å². The van der Waals surface area contributed by atoms with Gasteiger partial charge in [0.1, 0.15) is 0 Å². The summed E-state index contributed by atoms with van der Waals surface area (Å²) in [5.74, 6) is 0. The minimum atomic E-state index is -4.02. The third-order valence-corrected chi connectivity index (χ3v) is 5.33. The Bertz CT molecular complexity index is 776. The summed E-state index contributed by atoms with van der Waals surface area (Å²) in [6.07, 6.45) is 1.33. The summed E-state index contributed by atoms with van der Waals surface area (Å²) in [6.45, 7) is 4.20. The van der Waals surface area contributed by atoms with E-state index >= 15 is 0 Å². The van der Waals surface area contributed by atoms with Crippen LogP contribution in [0.3, 0.4) is 0 Å². The van der Waals surface area contributed by atoms with Crippen LogP contribution < -0.4 is 10.2 Å². The van der Waals surface area contributed by atoms with Crippen molar-refractivity contribution in [3.05, 3.63) is 60.2 Å². The molecule has 0 spiro atoms. The van der Waals surface area contributed by atoms with E-state index in [0.717, 1.165) is 17.6 Å². The van der Waals surface area contributed by atoms with Crippen LogP contribution in [0.5, 0.6) is 0 Å². The van der Waals surface area contributed by atoms with Gasteiger partial charge in [-0.3, -0.25) is 4.55 Å². The van der Waals surface area contributed by atoms with Crippen molar-refractivity contribution in [3.63, 3.8) is 0 Å². The molecule has 2 N–H and O–H groups in total. The van der Waals surface area contributed by atoms with Crippen LogP contribution >= 0.6 is 0 Å². The van der Waals surface area contributed by atoms with E-state index in [2.05, 4.69) is 40.5 Å². The van der Waals surface area contributed by atoms with Crippen molar-refractivity contribution in [1.82, 2.24) is 5.32 Å². The van der Waals surface area contributed by atoms with E-state index in [1.807, 2.05) is 6.92 Å². The lowest BCUT2D eigenvalue weighted by Crippen LogP contribution is -2.43. The minimum Gasteiger partial charge on any atom is -0.366 e. The summed E-state index contributed by atoms with van der Waals surface area (Å²) in [4.78, 5) is 2.46. The number of hydrogen-bond donors (Lipinski definition) is 2. The van der Waals surface area contributed by atoms with Gasteiger partial charge in [-0.25, -0.2) is 0 Å². The highest BCUT2D eigenvalue weighted by Crippen LogP contribution is 2.28. The Balaban J connectivity index is 0.000000144. The number of fused-ring (bicyclic) bond motifs is 2. The van der Waals surface area contributed by atoms with E-state index in [0.29, 0.717) is 0 Å². The first-order valence-electron chi connectivity index (χ1n) is 8.03. The molecule has 2 aromatic carbocycles. The quantitative estimate of drug-likeness (QED) is 0.818. The van der Waals surface area contributed by atoms with Gasteiger partial charge < -0.3 is 10.2 Å². The Morgan fingerprint density at radius 3 is 2.25 bits per heavy atom. The lowest BCUT2D eigenvalue weighted by atomic mass is 10.2. The van der Waals surface area contributed by atoms with Gasteiger partial charge >= 0.3 is 0 Å². The molecule has 0 radical (unpaired) electrons. The molecule has 0 aliphatic carbocycles. The molecule has 4 rings (SSSR count). The van der Waals surface area contributed by atoms with Crippen LogP contribution in [0.2, 0.25) is 0 Å². The highest BCUT2D eigenvalue weighted by molar-refractivity contribution is 7.85. The molecule has 0 unspecified atom stereocenters. The third-order valence-electron chi connectivity index (χ3n) is 4.46. The fourth-order valence-electron chi connectivity index (χ4n) is 3.21. The van der Waals surface area contributed by atoms with Crippen LogP contribution in [-0.4, -0.2) is 38.1 Å². The van der Waals surface area contributed by atoms with Gasteiger partial charge in [-0.1, -0.05) is 35.9 Å². The fraction of sp³-hybridized carbons (Fsp3) is 0.333. The second-order valence-electron chi connectivity index (χ2n) is 6.27. The van der Waals surface area contributed by atoms with E-state index in [1.165, 1.54) is 37.3 Å². The van der Waals surface area contributed by atoms with Gasteiger partial charge in [0, 0.05) is 30.9 Å². The first kappa shape index (κ1) is 17.0. The van der Waals surface area contributed by atoms with Crippen LogP contribution in [0.25, 0.3) is 0 Å². The molecular formula is C18H22N2O3S. The minimum absolute atomic E-state index is 0.0666. The number of hydrogen-bond acceptors (Lipinski definition) is 4. The van der Waals surface area contributed by atoms with Crippen molar-refractivity contribution in [3.8, 4) is 0 Å². The van der Waals surface area contributed by atoms with E-state index in [9.17, 15) is 8.42 Å². The molecule has 5 nitrogen and oxygen atoms in total. The summed E-state index contributed by atoms with van der Waals surface area (Å²) in [6, 6.07) is 18.2. The monoisotopic (exact) mass is 346 g/mol. The number of benzene rings is 2. The Kier molecular flexibility index (Phi) is 4.89. The zero-order valence-corrected chi connectivity index (χ0v) is 14.4. The van der Waals surface area contributed by atoms with Crippen molar-refractivity contribution >= 4 is 15.8 Å². The molecule has 2 heterocycles. The molecule has 0 amide bonds. The van der Waals surface area contributed by atoms with Crippen LogP contribution in [0, 0.1) is 6.92 Å². The van der Waals surface area contributed by atoms with Crippen molar-refractivity contribution < 1.29 is 13.0 Å². The maximum Gasteiger partial charge on any atom is 0.294 e. The SMILES string of the molecule is Cc1ccc(S(=O)(=O)O)cc1.c1ccc(N2C[C@@H]3C[C@H]2CN3)cc1. The number of anilines is 1. The number of rotatable bonds is 2. The number of aryl methyl sites for hydroxylation is 1. The fourth-order valence-corrected chi connectivity index (χ4v) is 3.69. The standard InChI is InChI=1S/C11H14N2.C7H8O3S/c1-2-4-10(5-3-1)13-8-9-6-11(13)7-12-9;1-6-2-4-7(5-3-6)11(8,9)10/h1-5,9,11-12H,6-8H2;2-5H,1H3,(H,8,9,10)/t9-,11-;/m0./s1. The Hall–Kier alpha value is -1.89. The summed E-state index contributed by atoms with van der Waals surface area (Å²) in [7, 11) is -4.02. The summed E-state index contributed by atoms with van der Waals surface area (Å²) < 4.78 is 29.6. The summed E-state index contributed by atoms with van der Waals surface area (Å²) in [5.41, 5.74) is 2.34. The predicted molar refractivity (Wildman–Crippen MR) is 95.0 cm³/mol. The molecule has 2 fully saturated rings. The zero-order valence-electron chi connectivity index (χ0n) is 13.6. The number of para-hydroxylation sites is 1. The maximum absolute atomic E-state index is 10.5. The van der Waals surface area contributed by atoms with Gasteiger partial charge in [0.05, 0.1) is 4.90 Å². The largest absolute Gasteiger partial charge is 0.366 e. The molecule has 2 aliphatic rings. The van der Waals surface area contributed by atoms with Crippen LogP contribution in [0.4, 0.5) is 5.69 Å². The van der Waals surface area contributed by atoms with E-state index in [-0.39, 0.29) is 4.90 Å². The van der Waals surface area contributed by atoms with Crippen molar-refractivity contribution in [2.24, 2.45) is 0 Å². The molecule has 2 bridgehead atoms. The number of piperazine rings is 1. The van der Waals surface area contributed by atoms with Gasteiger partial charge in [-0.2, -0.15) is 8.42 Å². The van der Waals surface area contributed by atoms with E-state index in [4.69, 9.17) is 4.55 Å². The number of nitrogens with one attached hydrogen (secondary N) is 1. The highest BCUT2D eigenvalue weighted by Gasteiger charge is 2.37. The number of nitrogens with zero attached hydrogens (tertiary/aromatic N) is 1. The normalized spacial score (nSPS) is 22.2. The topological polar surface area (TPSA) is 69.6 Å². The van der Waals surface area contributed by atoms with Crippen molar-refractivity contribution in [1.29, 1.82) is 0 Å². The Morgan fingerprint density at radius 2 is 1.75 bits per heavy atom. The average molecular weight is 346 g/mol. The van der Waals surface area contributed by atoms with Crippen molar-refractivity contribution in [2.45, 2.75) is 30.3 Å². The lowest BCUT2D eigenvalue weighted by Gasteiger charge is -2.29. The van der Waals surface area contributed by atoms with E-state index in [1.54, 1.807) is 12.1 Å². The highest BCUT2D eigenvalue weighted by atomic mass is 32.2. The Labute approximate surface area is 143 Å². The summed E-state index contributed by atoms with van der Waals surface area (Å²) >= 11 is 0. The smallest absolute Gasteiger partial charge is 0.294 e. The van der Waals surface area contributed by atoms with Gasteiger partial charge in [0.2, 0.25) is 0 Å². The molecule has 2 aliphatic heterocycles. The van der Waals surface area contributed by atoms with Gasteiger partial charge in [-0.05, 0) is 37.6 Å². The molecule has 2 saturated heterocycles. The van der Waals surface area contributed by atoms with Crippen molar-refractivity contribution in [2.75, 3.05) is 18.0 Å². The second kappa shape index (κ2) is 6.93. The zero-order chi connectivity index (χ0) is 17.2. The molecule has 24 heavy (non-hydrogen) atoms. The average Bonchev–Trinajstić information content (AvgIpc) is 3.19. The first-order valence-corrected chi connectivity index (χ1v) is 9.47. The molecule has 6 heteroatoms. The molecule has 0 aromatic heterocycles. The predicted octanol–water partition coefficient (Wildman–Crippen LogP) is 2.48. The maximum atomic E-state index is 10.5. The molecule has 2 atom stereocenters. The Morgan fingerprint density at radius 1 is 1.08 bits per heavy atom. The molecule has 2 aromatic rings. The molecule has 128 valence electrons. The van der Waals surface area contributed by atoms with Crippen LogP contribution in [0.15, 0.2) is 59.5 Å². The first-order chi connectivity index (χ1) is 11.4. The van der Waals surface area contributed by atoms with Gasteiger partial charge in [0.25, 0.3) is 10.1 Å². The lowest BCUT2D eigenvalue weighted by molar-refractivity contribution is 0.483. The molecule has 0 saturated carbocycles. The second-order valence-corrected chi connectivity index (χ2v) is 7.69. The van der Waals surface area contributed by atoms with Crippen LogP contribution in [0.1, 0.15) is 12.0 Å². The third kappa shape index (κ3) is 3.95. The van der Waals surface area contributed by atoms with Gasteiger partial charge in [-0.15, -0.1) is 0 Å². The van der Waals surface area contributed by atoms with E-state index < -0.39 is 10.1 Å². The summed E-state index contributed by atoms with van der Waals surface area (Å²) in [5, 5.41) is 3.51. The van der Waals surface area contributed by atoms with Crippen LogP contribution in [-0.2, 0) is 10.1 Å². The molecular weight excluding hydrogens is 324 g/mol.